The number of aromatic nitrogens is 2. The molecule has 2 fully saturated rings. The van der Waals surface area contributed by atoms with E-state index in [4.69, 9.17) is 4.98 Å². The molecule has 1 aromatic heterocycles. The molecule has 0 amide bonds. The highest BCUT2D eigenvalue weighted by molar-refractivity contribution is 5.50. The van der Waals surface area contributed by atoms with E-state index in [1.807, 2.05) is 13.8 Å². The molecule has 0 spiro atoms. The van der Waals surface area contributed by atoms with Gasteiger partial charge in [-0.3, -0.25) is 4.90 Å². The Morgan fingerprint density at radius 3 is 2.28 bits per heavy atom. The van der Waals surface area contributed by atoms with Crippen LogP contribution in [0, 0.1) is 19.3 Å². The van der Waals surface area contributed by atoms with Crippen LogP contribution in [0.15, 0.2) is 36.4 Å². The minimum Gasteiger partial charge on any atom is -0.352 e. The van der Waals surface area contributed by atoms with Crippen LogP contribution in [-0.2, 0) is 6.54 Å². The molecule has 2 aliphatic rings. The molecule has 5 heteroatoms. The number of piperidine rings is 2. The van der Waals surface area contributed by atoms with Gasteiger partial charge in [-0.1, -0.05) is 63.6 Å². The largest absolute Gasteiger partial charge is 0.352 e. The quantitative estimate of drug-likeness (QED) is 0.447. The first-order valence-electron chi connectivity index (χ1n) is 14.0. The van der Waals surface area contributed by atoms with Crippen molar-refractivity contribution in [3.8, 4) is 0 Å². The van der Waals surface area contributed by atoms with E-state index in [2.05, 4.69) is 82.9 Å². The molecule has 2 saturated heterocycles. The standard InChI is InChI=1S/C31H47N5/c1-25-22-30(33-26(2)32-25)36(24-31(3,4)5)23-28-13-11-27(12-14-28)10-9-17-34-20-15-29(16-21-34)35-18-7-6-8-19-35/h9-14,22,29H,6-8,15-21,23-24H2,1-5H3/b10-9+. The van der Waals surface area contributed by atoms with Gasteiger partial charge in [-0.25, -0.2) is 9.97 Å². The van der Waals surface area contributed by atoms with Crippen LogP contribution < -0.4 is 4.90 Å². The van der Waals surface area contributed by atoms with E-state index in [0.717, 1.165) is 43.0 Å². The van der Waals surface area contributed by atoms with Crippen LogP contribution in [0.2, 0.25) is 0 Å². The Morgan fingerprint density at radius 1 is 0.944 bits per heavy atom. The van der Waals surface area contributed by atoms with E-state index in [-0.39, 0.29) is 5.41 Å². The third-order valence-corrected chi connectivity index (χ3v) is 7.43. The Balaban J connectivity index is 1.30. The van der Waals surface area contributed by atoms with E-state index in [1.54, 1.807) is 0 Å². The van der Waals surface area contributed by atoms with Gasteiger partial charge in [0.2, 0.25) is 0 Å². The van der Waals surface area contributed by atoms with Gasteiger partial charge in [0.25, 0.3) is 0 Å². The minimum absolute atomic E-state index is 0.178. The van der Waals surface area contributed by atoms with Crippen molar-refractivity contribution < 1.29 is 0 Å². The SMILES string of the molecule is Cc1cc(N(Cc2ccc(/C=C/CN3CCC(N4CCCCC4)CC3)cc2)CC(C)(C)C)nc(C)n1. The molecule has 2 aliphatic heterocycles. The molecular formula is C31H47N5. The monoisotopic (exact) mass is 489 g/mol. The number of anilines is 1. The van der Waals surface area contributed by atoms with Crippen LogP contribution >= 0.6 is 0 Å². The predicted octanol–water partition coefficient (Wildman–Crippen LogP) is 6.11. The van der Waals surface area contributed by atoms with Gasteiger partial charge in [-0.05, 0) is 82.3 Å². The second kappa shape index (κ2) is 12.3. The Bertz CT molecular complexity index is 957. The normalized spacial score (nSPS) is 18.7. The molecule has 0 radical (unpaired) electrons. The van der Waals surface area contributed by atoms with Crippen molar-refractivity contribution in [3.05, 3.63) is 59.1 Å². The number of nitrogens with zero attached hydrogens (tertiary/aromatic N) is 5. The minimum atomic E-state index is 0.178. The highest BCUT2D eigenvalue weighted by atomic mass is 15.2. The molecule has 196 valence electrons. The summed E-state index contributed by atoms with van der Waals surface area (Å²) >= 11 is 0. The topological polar surface area (TPSA) is 35.5 Å². The number of rotatable bonds is 8. The molecule has 5 nitrogen and oxygen atoms in total. The molecule has 0 unspecified atom stereocenters. The Hall–Kier alpha value is -2.24. The van der Waals surface area contributed by atoms with Crippen LogP contribution in [-0.4, -0.2) is 65.1 Å². The lowest BCUT2D eigenvalue weighted by molar-refractivity contribution is 0.0975. The fourth-order valence-electron chi connectivity index (χ4n) is 5.69. The van der Waals surface area contributed by atoms with E-state index in [0.29, 0.717) is 0 Å². The van der Waals surface area contributed by atoms with Crippen molar-refractivity contribution in [1.29, 1.82) is 0 Å². The summed E-state index contributed by atoms with van der Waals surface area (Å²) in [6.07, 6.45) is 11.5. The fraction of sp³-hybridized carbons (Fsp3) is 0.613. The van der Waals surface area contributed by atoms with Crippen LogP contribution in [0.5, 0.6) is 0 Å². The molecule has 1 aromatic carbocycles. The van der Waals surface area contributed by atoms with Gasteiger partial charge in [-0.2, -0.15) is 0 Å². The summed E-state index contributed by atoms with van der Waals surface area (Å²) in [7, 11) is 0. The average molecular weight is 490 g/mol. The first-order chi connectivity index (χ1) is 17.2. The number of hydrogen-bond donors (Lipinski definition) is 0. The highest BCUT2D eigenvalue weighted by Gasteiger charge is 2.25. The lowest BCUT2D eigenvalue weighted by Crippen LogP contribution is -2.46. The fourth-order valence-corrected chi connectivity index (χ4v) is 5.69. The van der Waals surface area contributed by atoms with Crippen LogP contribution in [0.25, 0.3) is 6.08 Å². The van der Waals surface area contributed by atoms with Crippen molar-refractivity contribution >= 4 is 11.9 Å². The molecule has 0 atom stereocenters. The molecule has 36 heavy (non-hydrogen) atoms. The van der Waals surface area contributed by atoms with Gasteiger partial charge in [0, 0.05) is 37.4 Å². The van der Waals surface area contributed by atoms with Crippen molar-refractivity contribution in [3.63, 3.8) is 0 Å². The van der Waals surface area contributed by atoms with Gasteiger partial charge in [0.15, 0.2) is 0 Å². The molecule has 3 heterocycles. The smallest absolute Gasteiger partial charge is 0.132 e. The zero-order valence-corrected chi connectivity index (χ0v) is 23.3. The molecule has 0 bridgehead atoms. The molecule has 0 saturated carbocycles. The van der Waals surface area contributed by atoms with E-state index in [9.17, 15) is 0 Å². The summed E-state index contributed by atoms with van der Waals surface area (Å²) in [5, 5.41) is 0. The summed E-state index contributed by atoms with van der Waals surface area (Å²) in [6, 6.07) is 12.0. The zero-order valence-electron chi connectivity index (χ0n) is 23.3. The molecule has 2 aromatic rings. The van der Waals surface area contributed by atoms with Crippen molar-refractivity contribution in [2.24, 2.45) is 5.41 Å². The van der Waals surface area contributed by atoms with Crippen LogP contribution in [0.1, 0.15) is 75.5 Å². The van der Waals surface area contributed by atoms with Gasteiger partial charge in [0.1, 0.15) is 11.6 Å². The second-order valence-corrected chi connectivity index (χ2v) is 12.1. The maximum Gasteiger partial charge on any atom is 0.132 e. The van der Waals surface area contributed by atoms with E-state index >= 15 is 0 Å². The average Bonchev–Trinajstić information content (AvgIpc) is 2.84. The number of benzene rings is 1. The number of aryl methyl sites for hydroxylation is 2. The summed E-state index contributed by atoms with van der Waals surface area (Å²) in [6.45, 7) is 18.8. The summed E-state index contributed by atoms with van der Waals surface area (Å²) in [5.74, 6) is 1.85. The highest BCUT2D eigenvalue weighted by Crippen LogP contribution is 2.24. The third-order valence-electron chi connectivity index (χ3n) is 7.43. The summed E-state index contributed by atoms with van der Waals surface area (Å²) in [5.41, 5.74) is 3.79. The first kappa shape index (κ1) is 26.8. The lowest BCUT2D eigenvalue weighted by atomic mass is 9.95. The molecule has 0 N–H and O–H groups in total. The zero-order chi connectivity index (χ0) is 25.5. The van der Waals surface area contributed by atoms with Crippen molar-refractivity contribution in [1.82, 2.24) is 19.8 Å². The molecule has 0 aliphatic carbocycles. The maximum absolute atomic E-state index is 4.74. The van der Waals surface area contributed by atoms with Crippen molar-refractivity contribution in [2.75, 3.05) is 44.2 Å². The second-order valence-electron chi connectivity index (χ2n) is 12.1. The first-order valence-corrected chi connectivity index (χ1v) is 14.0. The Labute approximate surface area is 219 Å². The van der Waals surface area contributed by atoms with Crippen LogP contribution in [0.3, 0.4) is 0 Å². The van der Waals surface area contributed by atoms with E-state index < -0.39 is 0 Å². The Kier molecular flexibility index (Phi) is 9.19. The van der Waals surface area contributed by atoms with Gasteiger partial charge in [-0.15, -0.1) is 0 Å². The number of likely N-dealkylation sites (tertiary alicyclic amines) is 2. The summed E-state index contributed by atoms with van der Waals surface area (Å²) in [4.78, 5) is 17.0. The molecular weight excluding hydrogens is 442 g/mol. The third kappa shape index (κ3) is 8.14. The van der Waals surface area contributed by atoms with Gasteiger partial charge >= 0.3 is 0 Å². The van der Waals surface area contributed by atoms with Gasteiger partial charge < -0.3 is 9.80 Å². The predicted molar refractivity (Wildman–Crippen MR) is 152 cm³/mol. The van der Waals surface area contributed by atoms with Gasteiger partial charge in [0.05, 0.1) is 0 Å². The van der Waals surface area contributed by atoms with Crippen molar-refractivity contribution in [2.45, 2.75) is 79.3 Å². The Morgan fingerprint density at radius 2 is 1.64 bits per heavy atom. The molecule has 4 rings (SSSR count). The maximum atomic E-state index is 4.74. The number of hydrogen-bond acceptors (Lipinski definition) is 5. The summed E-state index contributed by atoms with van der Waals surface area (Å²) < 4.78 is 0. The van der Waals surface area contributed by atoms with Crippen LogP contribution in [0.4, 0.5) is 5.82 Å². The van der Waals surface area contributed by atoms with E-state index in [1.165, 1.54) is 69.4 Å². The lowest BCUT2D eigenvalue weighted by Gasteiger charge is -2.40.